The Morgan fingerprint density at radius 2 is 1.72 bits per heavy atom. The van der Waals surface area contributed by atoms with Crippen molar-refractivity contribution < 1.29 is 14.7 Å². The third kappa shape index (κ3) is 4.48. The molecule has 29 heavy (non-hydrogen) atoms. The normalized spacial score (nSPS) is 12.0. The number of benzene rings is 2. The fourth-order valence-electron chi connectivity index (χ4n) is 3.38. The highest BCUT2D eigenvalue weighted by Gasteiger charge is 2.30. The Morgan fingerprint density at radius 3 is 2.24 bits per heavy atom. The SMILES string of the molecule is CC(=O)N(Cc1ccc(-c2ccccc2-c2nn[nH]n2)cc1)C(C(=O)O)C(C)C. The lowest BCUT2D eigenvalue weighted by molar-refractivity contribution is -0.152. The molecule has 0 saturated carbocycles. The van der Waals surface area contributed by atoms with Crippen molar-refractivity contribution in [3.05, 3.63) is 54.1 Å². The molecule has 0 fully saturated rings. The Morgan fingerprint density at radius 1 is 1.07 bits per heavy atom. The van der Waals surface area contributed by atoms with Gasteiger partial charge in [0.1, 0.15) is 6.04 Å². The van der Waals surface area contributed by atoms with Crippen molar-refractivity contribution in [2.45, 2.75) is 33.4 Å². The van der Waals surface area contributed by atoms with Crippen LogP contribution in [0.2, 0.25) is 0 Å². The number of carbonyl (C=O) groups excluding carboxylic acids is 1. The minimum Gasteiger partial charge on any atom is -0.480 e. The summed E-state index contributed by atoms with van der Waals surface area (Å²) in [6.45, 7) is 5.23. The number of aromatic amines is 1. The second-order valence-corrected chi connectivity index (χ2v) is 7.15. The van der Waals surface area contributed by atoms with Gasteiger partial charge in [0, 0.05) is 19.0 Å². The van der Waals surface area contributed by atoms with Crippen LogP contribution in [0.25, 0.3) is 22.5 Å². The van der Waals surface area contributed by atoms with Gasteiger partial charge in [-0.25, -0.2) is 4.79 Å². The zero-order valence-electron chi connectivity index (χ0n) is 16.5. The van der Waals surface area contributed by atoms with Crippen LogP contribution in [0, 0.1) is 5.92 Å². The van der Waals surface area contributed by atoms with Gasteiger partial charge in [0.25, 0.3) is 0 Å². The van der Waals surface area contributed by atoms with Crippen LogP contribution in [-0.2, 0) is 16.1 Å². The van der Waals surface area contributed by atoms with Gasteiger partial charge >= 0.3 is 5.97 Å². The quantitative estimate of drug-likeness (QED) is 0.638. The number of carboxylic acids is 1. The van der Waals surface area contributed by atoms with Gasteiger partial charge < -0.3 is 10.0 Å². The van der Waals surface area contributed by atoms with Crippen LogP contribution in [0.3, 0.4) is 0 Å². The summed E-state index contributed by atoms with van der Waals surface area (Å²) in [5.74, 6) is -0.954. The van der Waals surface area contributed by atoms with Crippen molar-refractivity contribution in [2.75, 3.05) is 0 Å². The third-order valence-electron chi connectivity index (χ3n) is 4.76. The molecule has 8 nitrogen and oxygen atoms in total. The number of nitrogens with zero attached hydrogens (tertiary/aromatic N) is 4. The van der Waals surface area contributed by atoms with Gasteiger partial charge in [-0.1, -0.05) is 62.4 Å². The Labute approximate surface area is 168 Å². The number of carbonyl (C=O) groups is 2. The van der Waals surface area contributed by atoms with E-state index in [0.29, 0.717) is 5.82 Å². The Balaban J connectivity index is 1.88. The summed E-state index contributed by atoms with van der Waals surface area (Å²) in [6.07, 6.45) is 0. The topological polar surface area (TPSA) is 112 Å². The van der Waals surface area contributed by atoms with E-state index in [0.717, 1.165) is 22.3 Å². The zero-order chi connectivity index (χ0) is 21.0. The van der Waals surface area contributed by atoms with Gasteiger partial charge in [0.05, 0.1) is 0 Å². The van der Waals surface area contributed by atoms with Crippen LogP contribution in [0.4, 0.5) is 0 Å². The van der Waals surface area contributed by atoms with Crippen LogP contribution in [-0.4, -0.2) is 48.5 Å². The number of rotatable bonds is 7. The molecule has 0 saturated heterocycles. The lowest BCUT2D eigenvalue weighted by Gasteiger charge is -2.30. The molecule has 2 aromatic carbocycles. The molecule has 8 heteroatoms. The highest BCUT2D eigenvalue weighted by atomic mass is 16.4. The molecule has 0 bridgehead atoms. The smallest absolute Gasteiger partial charge is 0.326 e. The van der Waals surface area contributed by atoms with Crippen molar-refractivity contribution >= 4 is 11.9 Å². The number of aromatic nitrogens is 4. The van der Waals surface area contributed by atoms with Crippen molar-refractivity contribution in [3.63, 3.8) is 0 Å². The van der Waals surface area contributed by atoms with E-state index in [2.05, 4.69) is 20.6 Å². The van der Waals surface area contributed by atoms with Crippen LogP contribution >= 0.6 is 0 Å². The van der Waals surface area contributed by atoms with Crippen LogP contribution in [0.5, 0.6) is 0 Å². The molecule has 1 unspecified atom stereocenters. The second-order valence-electron chi connectivity index (χ2n) is 7.15. The molecule has 0 spiro atoms. The van der Waals surface area contributed by atoms with Gasteiger partial charge in [0.2, 0.25) is 11.7 Å². The fraction of sp³-hybridized carbons (Fsp3) is 0.286. The van der Waals surface area contributed by atoms with Crippen molar-refractivity contribution in [1.82, 2.24) is 25.5 Å². The summed E-state index contributed by atoms with van der Waals surface area (Å²) in [5, 5.41) is 23.7. The van der Waals surface area contributed by atoms with Gasteiger partial charge in [-0.15, -0.1) is 10.2 Å². The number of hydrogen-bond acceptors (Lipinski definition) is 5. The van der Waals surface area contributed by atoms with E-state index in [9.17, 15) is 14.7 Å². The Bertz CT molecular complexity index is 984. The lowest BCUT2D eigenvalue weighted by atomic mass is 9.97. The van der Waals surface area contributed by atoms with Crippen molar-refractivity contribution in [3.8, 4) is 22.5 Å². The van der Waals surface area contributed by atoms with Gasteiger partial charge in [-0.05, 0) is 27.8 Å². The number of hydrogen-bond donors (Lipinski definition) is 2. The van der Waals surface area contributed by atoms with E-state index in [4.69, 9.17) is 0 Å². The van der Waals surface area contributed by atoms with E-state index in [1.54, 1.807) is 13.8 Å². The van der Waals surface area contributed by atoms with E-state index in [1.807, 2.05) is 48.5 Å². The van der Waals surface area contributed by atoms with E-state index in [1.165, 1.54) is 11.8 Å². The molecular formula is C21H23N5O3. The molecule has 0 aliphatic rings. The summed E-state index contributed by atoms with van der Waals surface area (Å²) >= 11 is 0. The first kappa shape index (κ1) is 20.2. The maximum atomic E-state index is 12.1. The maximum absolute atomic E-state index is 12.1. The fourth-order valence-corrected chi connectivity index (χ4v) is 3.38. The van der Waals surface area contributed by atoms with Gasteiger partial charge in [0.15, 0.2) is 0 Å². The number of amides is 1. The molecule has 2 N–H and O–H groups in total. The van der Waals surface area contributed by atoms with E-state index >= 15 is 0 Å². The molecule has 1 aromatic heterocycles. The zero-order valence-corrected chi connectivity index (χ0v) is 16.5. The molecule has 1 amide bonds. The van der Waals surface area contributed by atoms with Gasteiger partial charge in [-0.3, -0.25) is 4.79 Å². The Hall–Kier alpha value is -3.55. The summed E-state index contributed by atoms with van der Waals surface area (Å²) in [4.78, 5) is 25.2. The first-order valence-corrected chi connectivity index (χ1v) is 9.30. The number of nitrogens with one attached hydrogen (secondary N) is 1. The Kier molecular flexibility index (Phi) is 6.01. The number of carboxylic acid groups (broad SMARTS) is 1. The predicted molar refractivity (Wildman–Crippen MR) is 108 cm³/mol. The second kappa shape index (κ2) is 8.64. The first-order valence-electron chi connectivity index (χ1n) is 9.30. The molecule has 1 heterocycles. The molecule has 1 atom stereocenters. The largest absolute Gasteiger partial charge is 0.480 e. The van der Waals surface area contributed by atoms with Gasteiger partial charge in [-0.2, -0.15) is 5.21 Å². The average Bonchev–Trinajstić information content (AvgIpc) is 3.22. The number of H-pyrrole nitrogens is 1. The molecule has 0 aliphatic heterocycles. The summed E-state index contributed by atoms with van der Waals surface area (Å²) in [5.41, 5.74) is 3.62. The van der Waals surface area contributed by atoms with E-state index in [-0.39, 0.29) is 18.4 Å². The van der Waals surface area contributed by atoms with Crippen molar-refractivity contribution in [2.24, 2.45) is 5.92 Å². The van der Waals surface area contributed by atoms with Crippen molar-refractivity contribution in [1.29, 1.82) is 0 Å². The highest BCUT2D eigenvalue weighted by molar-refractivity contribution is 5.83. The molecule has 150 valence electrons. The highest BCUT2D eigenvalue weighted by Crippen LogP contribution is 2.30. The maximum Gasteiger partial charge on any atom is 0.326 e. The number of aliphatic carboxylic acids is 1. The van der Waals surface area contributed by atoms with E-state index < -0.39 is 12.0 Å². The molecule has 3 rings (SSSR count). The van der Waals surface area contributed by atoms with Crippen LogP contribution in [0.15, 0.2) is 48.5 Å². The summed E-state index contributed by atoms with van der Waals surface area (Å²) < 4.78 is 0. The van der Waals surface area contributed by atoms with Crippen LogP contribution in [0.1, 0.15) is 26.3 Å². The standard InChI is InChI=1S/C21H23N5O3/c1-13(2)19(21(28)29)26(14(3)27)12-15-8-10-16(11-9-15)17-6-4-5-7-18(17)20-22-24-25-23-20/h4-11,13,19H,12H2,1-3H3,(H,28,29)(H,22,23,24,25). The molecular weight excluding hydrogens is 370 g/mol. The summed E-state index contributed by atoms with van der Waals surface area (Å²) in [7, 11) is 0. The number of tetrazole rings is 1. The predicted octanol–water partition coefficient (Wildman–Crippen LogP) is 2.99. The minimum absolute atomic E-state index is 0.197. The third-order valence-corrected chi connectivity index (χ3v) is 4.76. The lowest BCUT2D eigenvalue weighted by Crippen LogP contribution is -2.46. The molecule has 0 aliphatic carbocycles. The summed E-state index contributed by atoms with van der Waals surface area (Å²) in [6, 6.07) is 14.6. The molecule has 3 aromatic rings. The first-order chi connectivity index (χ1) is 13.9. The van der Waals surface area contributed by atoms with Crippen LogP contribution < -0.4 is 0 Å². The average molecular weight is 393 g/mol. The monoisotopic (exact) mass is 393 g/mol. The minimum atomic E-state index is -0.999. The molecule has 0 radical (unpaired) electrons.